The average molecular weight is 219 g/mol. The molecule has 1 atom stereocenters. The molecule has 1 fully saturated rings. The summed E-state index contributed by atoms with van der Waals surface area (Å²) in [5.74, 6) is 0.0624. The maximum absolute atomic E-state index is 11.7. The summed E-state index contributed by atoms with van der Waals surface area (Å²) in [5.41, 5.74) is 0.823. The van der Waals surface area contributed by atoms with E-state index in [9.17, 15) is 4.79 Å². The summed E-state index contributed by atoms with van der Waals surface area (Å²) >= 11 is 0. The lowest BCUT2D eigenvalue weighted by Crippen LogP contribution is -2.46. The molecule has 4 heteroatoms. The number of amides is 1. The lowest BCUT2D eigenvalue weighted by Gasteiger charge is -2.23. The molecule has 2 N–H and O–H groups in total. The van der Waals surface area contributed by atoms with Gasteiger partial charge in [0.2, 0.25) is 5.91 Å². The summed E-state index contributed by atoms with van der Waals surface area (Å²) < 4.78 is 0. The van der Waals surface area contributed by atoms with Crippen LogP contribution < -0.4 is 10.6 Å². The van der Waals surface area contributed by atoms with Gasteiger partial charge in [-0.2, -0.15) is 0 Å². The summed E-state index contributed by atoms with van der Waals surface area (Å²) in [6, 6.07) is 5.91. The van der Waals surface area contributed by atoms with Gasteiger partial charge in [-0.15, -0.1) is 0 Å². The Balaban J connectivity index is 1.80. The van der Waals surface area contributed by atoms with E-state index in [2.05, 4.69) is 15.6 Å². The van der Waals surface area contributed by atoms with Crippen molar-refractivity contribution in [1.82, 2.24) is 15.6 Å². The summed E-state index contributed by atoms with van der Waals surface area (Å²) in [7, 11) is 0. The van der Waals surface area contributed by atoms with Crippen LogP contribution in [0.4, 0.5) is 0 Å². The molecular formula is C12H17N3O. The Hall–Kier alpha value is -1.42. The Morgan fingerprint density at radius 2 is 2.50 bits per heavy atom. The highest BCUT2D eigenvalue weighted by Crippen LogP contribution is 2.02. The van der Waals surface area contributed by atoms with E-state index in [1.165, 1.54) is 0 Å². The van der Waals surface area contributed by atoms with Crippen LogP contribution in [0.1, 0.15) is 18.5 Å². The van der Waals surface area contributed by atoms with Crippen molar-refractivity contribution in [2.75, 3.05) is 13.1 Å². The molecule has 4 nitrogen and oxygen atoms in total. The third-order valence-electron chi connectivity index (χ3n) is 2.73. The molecule has 1 aromatic rings. The summed E-state index contributed by atoms with van der Waals surface area (Å²) in [4.78, 5) is 15.8. The van der Waals surface area contributed by atoms with E-state index in [1.54, 1.807) is 6.20 Å². The summed E-state index contributed by atoms with van der Waals surface area (Å²) in [6.07, 6.45) is 4.29. The summed E-state index contributed by atoms with van der Waals surface area (Å²) in [5, 5.41) is 6.30. The first-order chi connectivity index (χ1) is 7.84. The first kappa shape index (κ1) is 11.1. The van der Waals surface area contributed by atoms with Gasteiger partial charge in [-0.1, -0.05) is 6.07 Å². The lowest BCUT2D eigenvalue weighted by atomic mass is 10.1. The largest absolute Gasteiger partial charge is 0.352 e. The number of nitrogens with one attached hydrogen (secondary N) is 2. The molecule has 0 aromatic carbocycles. The Kier molecular flexibility index (Phi) is 3.88. The second-order valence-electron chi connectivity index (χ2n) is 4.11. The number of hydrogen-bond donors (Lipinski definition) is 2. The summed E-state index contributed by atoms with van der Waals surface area (Å²) in [6.45, 7) is 1.95. The third-order valence-corrected chi connectivity index (χ3v) is 2.73. The van der Waals surface area contributed by atoms with E-state index >= 15 is 0 Å². The van der Waals surface area contributed by atoms with Gasteiger partial charge < -0.3 is 10.6 Å². The van der Waals surface area contributed by atoms with Crippen molar-refractivity contribution in [3.63, 3.8) is 0 Å². The van der Waals surface area contributed by atoms with Gasteiger partial charge in [-0.05, 0) is 31.5 Å². The highest BCUT2D eigenvalue weighted by Gasteiger charge is 2.15. The normalized spacial score (nSPS) is 20.4. The number of hydrogen-bond acceptors (Lipinski definition) is 3. The van der Waals surface area contributed by atoms with Crippen molar-refractivity contribution in [2.24, 2.45) is 0 Å². The van der Waals surface area contributed by atoms with Crippen molar-refractivity contribution < 1.29 is 4.79 Å². The molecule has 1 aliphatic rings. The van der Waals surface area contributed by atoms with E-state index in [0.29, 0.717) is 6.42 Å². The van der Waals surface area contributed by atoms with E-state index in [0.717, 1.165) is 31.6 Å². The molecule has 1 amide bonds. The van der Waals surface area contributed by atoms with Crippen LogP contribution in [0.25, 0.3) is 0 Å². The van der Waals surface area contributed by atoms with E-state index < -0.39 is 0 Å². The molecule has 1 aromatic heterocycles. The molecule has 0 unspecified atom stereocenters. The number of pyridine rings is 1. The predicted octanol–water partition coefficient (Wildman–Crippen LogP) is 0.492. The fraction of sp³-hybridized carbons (Fsp3) is 0.500. The van der Waals surface area contributed by atoms with Crippen LogP contribution in [0.5, 0.6) is 0 Å². The number of rotatable bonds is 3. The van der Waals surface area contributed by atoms with Crippen LogP contribution in [0.15, 0.2) is 24.4 Å². The zero-order valence-electron chi connectivity index (χ0n) is 9.28. The topological polar surface area (TPSA) is 54.0 Å². The Morgan fingerprint density at radius 3 is 3.19 bits per heavy atom. The van der Waals surface area contributed by atoms with E-state index in [-0.39, 0.29) is 11.9 Å². The molecule has 2 heterocycles. The van der Waals surface area contributed by atoms with Crippen molar-refractivity contribution >= 4 is 5.91 Å². The smallest absolute Gasteiger partial charge is 0.226 e. The van der Waals surface area contributed by atoms with Crippen molar-refractivity contribution in [3.8, 4) is 0 Å². The van der Waals surface area contributed by atoms with Gasteiger partial charge in [0.25, 0.3) is 0 Å². The van der Waals surface area contributed by atoms with Gasteiger partial charge in [-0.25, -0.2) is 0 Å². The van der Waals surface area contributed by atoms with E-state index in [1.807, 2.05) is 18.2 Å². The molecule has 0 saturated carbocycles. The lowest BCUT2D eigenvalue weighted by molar-refractivity contribution is -0.121. The van der Waals surface area contributed by atoms with Gasteiger partial charge in [0, 0.05) is 24.5 Å². The molecule has 1 saturated heterocycles. The molecule has 0 radical (unpaired) electrons. The Bertz CT molecular complexity index is 333. The molecule has 2 rings (SSSR count). The average Bonchev–Trinajstić information content (AvgIpc) is 2.31. The first-order valence-corrected chi connectivity index (χ1v) is 5.74. The number of nitrogens with zero attached hydrogens (tertiary/aromatic N) is 1. The predicted molar refractivity (Wildman–Crippen MR) is 62.0 cm³/mol. The maximum atomic E-state index is 11.7. The van der Waals surface area contributed by atoms with Crippen LogP contribution in [0.3, 0.4) is 0 Å². The molecule has 1 aliphatic heterocycles. The fourth-order valence-corrected chi connectivity index (χ4v) is 1.92. The second kappa shape index (κ2) is 5.61. The second-order valence-corrected chi connectivity index (χ2v) is 4.11. The van der Waals surface area contributed by atoms with Crippen LogP contribution in [0.2, 0.25) is 0 Å². The quantitative estimate of drug-likeness (QED) is 0.778. The SMILES string of the molecule is O=C(Cc1ccccn1)N[C@H]1CCCNC1. The van der Waals surface area contributed by atoms with Gasteiger partial charge in [0.15, 0.2) is 0 Å². The van der Waals surface area contributed by atoms with Crippen LogP contribution >= 0.6 is 0 Å². The van der Waals surface area contributed by atoms with Gasteiger partial charge in [0.05, 0.1) is 6.42 Å². The Morgan fingerprint density at radius 1 is 1.56 bits per heavy atom. The zero-order chi connectivity index (χ0) is 11.2. The molecule has 16 heavy (non-hydrogen) atoms. The van der Waals surface area contributed by atoms with Crippen LogP contribution in [-0.2, 0) is 11.2 Å². The van der Waals surface area contributed by atoms with Gasteiger partial charge in [0.1, 0.15) is 0 Å². The van der Waals surface area contributed by atoms with E-state index in [4.69, 9.17) is 0 Å². The monoisotopic (exact) mass is 219 g/mol. The first-order valence-electron chi connectivity index (χ1n) is 5.74. The number of aromatic nitrogens is 1. The van der Waals surface area contributed by atoms with Crippen LogP contribution in [0, 0.1) is 0 Å². The molecular weight excluding hydrogens is 202 g/mol. The highest BCUT2D eigenvalue weighted by atomic mass is 16.1. The van der Waals surface area contributed by atoms with Gasteiger partial charge >= 0.3 is 0 Å². The molecule has 86 valence electrons. The number of piperidine rings is 1. The zero-order valence-corrected chi connectivity index (χ0v) is 9.28. The highest BCUT2D eigenvalue weighted by molar-refractivity contribution is 5.78. The third kappa shape index (κ3) is 3.31. The standard InChI is InChI=1S/C12H17N3O/c16-12(8-10-4-1-2-7-14-10)15-11-5-3-6-13-9-11/h1-2,4,7,11,13H,3,5-6,8-9H2,(H,15,16)/t11-/m0/s1. The molecule has 0 aliphatic carbocycles. The van der Waals surface area contributed by atoms with Crippen molar-refractivity contribution in [1.29, 1.82) is 0 Å². The van der Waals surface area contributed by atoms with Crippen molar-refractivity contribution in [2.45, 2.75) is 25.3 Å². The number of carbonyl (C=O) groups excluding carboxylic acids is 1. The molecule has 0 bridgehead atoms. The molecule has 0 spiro atoms. The minimum Gasteiger partial charge on any atom is -0.352 e. The van der Waals surface area contributed by atoms with Crippen molar-refractivity contribution in [3.05, 3.63) is 30.1 Å². The minimum atomic E-state index is 0.0624. The Labute approximate surface area is 95.5 Å². The minimum absolute atomic E-state index is 0.0624. The number of carbonyl (C=O) groups is 1. The van der Waals surface area contributed by atoms with Crippen LogP contribution in [-0.4, -0.2) is 30.0 Å². The van der Waals surface area contributed by atoms with Gasteiger partial charge in [-0.3, -0.25) is 9.78 Å². The maximum Gasteiger partial charge on any atom is 0.226 e. The fourth-order valence-electron chi connectivity index (χ4n) is 1.92.